The molecule has 0 saturated carbocycles. The SMILES string of the molecule is O=C(O)c1[nH]c(C(=O)O)c(C(=O)O)c1Cl. The monoisotopic (exact) mass is 233 g/mol. The van der Waals surface area contributed by atoms with Gasteiger partial charge in [-0.3, -0.25) is 0 Å². The molecule has 80 valence electrons. The summed E-state index contributed by atoms with van der Waals surface area (Å²) in [6, 6.07) is 0. The van der Waals surface area contributed by atoms with Gasteiger partial charge in [-0.25, -0.2) is 14.4 Å². The fourth-order valence-corrected chi connectivity index (χ4v) is 1.29. The van der Waals surface area contributed by atoms with E-state index in [1.165, 1.54) is 0 Å². The first-order valence-corrected chi connectivity index (χ1v) is 3.85. The number of rotatable bonds is 3. The second-order valence-corrected chi connectivity index (χ2v) is 2.86. The van der Waals surface area contributed by atoms with Crippen LogP contribution < -0.4 is 0 Å². The van der Waals surface area contributed by atoms with Crippen molar-refractivity contribution in [3.63, 3.8) is 0 Å². The topological polar surface area (TPSA) is 128 Å². The predicted octanol–water partition coefficient (Wildman–Crippen LogP) is 0.763. The van der Waals surface area contributed by atoms with Crippen LogP contribution in [0.3, 0.4) is 0 Å². The van der Waals surface area contributed by atoms with Gasteiger partial charge in [0.15, 0.2) is 0 Å². The van der Waals surface area contributed by atoms with Crippen molar-refractivity contribution in [2.45, 2.75) is 0 Å². The number of nitrogens with one attached hydrogen (secondary N) is 1. The summed E-state index contributed by atoms with van der Waals surface area (Å²) in [7, 11) is 0. The van der Waals surface area contributed by atoms with E-state index in [1.807, 2.05) is 4.98 Å². The van der Waals surface area contributed by atoms with Gasteiger partial charge >= 0.3 is 17.9 Å². The van der Waals surface area contributed by atoms with Crippen LogP contribution in [0, 0.1) is 0 Å². The Hall–Kier alpha value is -2.02. The van der Waals surface area contributed by atoms with Gasteiger partial charge in [-0.05, 0) is 0 Å². The van der Waals surface area contributed by atoms with Crippen molar-refractivity contribution in [1.29, 1.82) is 0 Å². The van der Waals surface area contributed by atoms with Crippen LogP contribution in [0.4, 0.5) is 0 Å². The lowest BCUT2D eigenvalue weighted by Crippen LogP contribution is -2.06. The number of hydrogen-bond donors (Lipinski definition) is 4. The van der Waals surface area contributed by atoms with E-state index in [2.05, 4.69) is 0 Å². The van der Waals surface area contributed by atoms with Crippen molar-refractivity contribution >= 4 is 29.5 Å². The second-order valence-electron chi connectivity index (χ2n) is 2.48. The molecular formula is C7H4ClNO6. The normalized spacial score (nSPS) is 9.93. The number of halogens is 1. The Morgan fingerprint density at radius 2 is 1.40 bits per heavy atom. The zero-order valence-electron chi connectivity index (χ0n) is 6.94. The van der Waals surface area contributed by atoms with Gasteiger partial charge in [0, 0.05) is 0 Å². The molecule has 15 heavy (non-hydrogen) atoms. The molecule has 0 radical (unpaired) electrons. The summed E-state index contributed by atoms with van der Waals surface area (Å²) in [5.41, 5.74) is -2.18. The van der Waals surface area contributed by atoms with Crippen LogP contribution in [0.15, 0.2) is 0 Å². The number of aromatic amines is 1. The van der Waals surface area contributed by atoms with Crippen molar-refractivity contribution in [3.05, 3.63) is 22.0 Å². The Morgan fingerprint density at radius 3 is 1.67 bits per heavy atom. The van der Waals surface area contributed by atoms with Gasteiger partial charge in [-0.2, -0.15) is 0 Å². The Bertz CT molecular complexity index is 462. The molecule has 0 aliphatic heterocycles. The van der Waals surface area contributed by atoms with Crippen LogP contribution >= 0.6 is 11.6 Å². The molecule has 0 spiro atoms. The minimum absolute atomic E-state index is 0.632. The van der Waals surface area contributed by atoms with E-state index in [-0.39, 0.29) is 0 Å². The lowest BCUT2D eigenvalue weighted by molar-refractivity contribution is 0.0648. The van der Waals surface area contributed by atoms with Crippen molar-refractivity contribution in [3.8, 4) is 0 Å². The molecule has 7 nitrogen and oxygen atoms in total. The van der Waals surface area contributed by atoms with Crippen LogP contribution in [-0.2, 0) is 0 Å². The number of carboxylic acids is 3. The van der Waals surface area contributed by atoms with Gasteiger partial charge in [0.05, 0.1) is 5.02 Å². The molecule has 1 rings (SSSR count). The third-order valence-corrected chi connectivity index (χ3v) is 1.96. The van der Waals surface area contributed by atoms with E-state index < -0.39 is 39.9 Å². The zero-order valence-corrected chi connectivity index (χ0v) is 7.70. The second kappa shape index (κ2) is 3.62. The summed E-state index contributed by atoms with van der Waals surface area (Å²) >= 11 is 5.41. The van der Waals surface area contributed by atoms with Crippen LogP contribution in [0.5, 0.6) is 0 Å². The zero-order chi connectivity index (χ0) is 11.7. The number of hydrogen-bond acceptors (Lipinski definition) is 3. The molecule has 0 amide bonds. The number of carbonyl (C=O) groups is 3. The summed E-state index contributed by atoms with van der Waals surface area (Å²) in [6.07, 6.45) is 0. The smallest absolute Gasteiger partial charge is 0.353 e. The third kappa shape index (κ3) is 1.77. The maximum atomic E-state index is 10.6. The average molecular weight is 234 g/mol. The molecule has 0 aliphatic carbocycles. The standard InChI is InChI=1S/C7H4ClNO6/c8-2-1(5(10)11)3(6(12)13)9-4(2)7(14)15/h9H,(H,10,11)(H,12,13)(H,14,15). The Morgan fingerprint density at radius 1 is 0.933 bits per heavy atom. The van der Waals surface area contributed by atoms with Gasteiger partial charge in [0.25, 0.3) is 0 Å². The Labute approximate surface area is 86.9 Å². The quantitative estimate of drug-likeness (QED) is 0.610. The van der Waals surface area contributed by atoms with Gasteiger partial charge in [-0.15, -0.1) is 0 Å². The molecule has 0 fully saturated rings. The van der Waals surface area contributed by atoms with E-state index in [1.54, 1.807) is 0 Å². The van der Waals surface area contributed by atoms with Crippen LogP contribution in [0.2, 0.25) is 5.02 Å². The maximum Gasteiger partial charge on any atom is 0.353 e. The minimum Gasteiger partial charge on any atom is -0.478 e. The number of aromatic nitrogens is 1. The molecule has 4 N–H and O–H groups in total. The highest BCUT2D eigenvalue weighted by molar-refractivity contribution is 6.37. The molecule has 8 heteroatoms. The molecular weight excluding hydrogens is 230 g/mol. The minimum atomic E-state index is -1.61. The third-order valence-electron chi connectivity index (χ3n) is 1.58. The van der Waals surface area contributed by atoms with Gasteiger partial charge < -0.3 is 20.3 Å². The summed E-state index contributed by atoms with van der Waals surface area (Å²) in [6.45, 7) is 0. The lowest BCUT2D eigenvalue weighted by atomic mass is 10.2. The first-order valence-electron chi connectivity index (χ1n) is 3.47. The van der Waals surface area contributed by atoms with E-state index in [9.17, 15) is 14.4 Å². The molecule has 0 aromatic carbocycles. The number of H-pyrrole nitrogens is 1. The molecule has 0 aliphatic rings. The van der Waals surface area contributed by atoms with E-state index in [0.29, 0.717) is 0 Å². The van der Waals surface area contributed by atoms with Gasteiger partial charge in [-0.1, -0.05) is 11.6 Å². The van der Waals surface area contributed by atoms with Crippen LogP contribution in [-0.4, -0.2) is 38.2 Å². The van der Waals surface area contributed by atoms with Crippen LogP contribution in [0.1, 0.15) is 31.3 Å². The van der Waals surface area contributed by atoms with E-state index in [4.69, 9.17) is 26.9 Å². The molecule has 1 aromatic rings. The average Bonchev–Trinajstić information content (AvgIpc) is 2.42. The first kappa shape index (κ1) is 11.1. The summed E-state index contributed by atoms with van der Waals surface area (Å²) in [5.74, 6) is -4.74. The summed E-state index contributed by atoms with van der Waals surface area (Å²) in [4.78, 5) is 33.6. The highest BCUT2D eigenvalue weighted by Crippen LogP contribution is 2.24. The van der Waals surface area contributed by atoms with Crippen LogP contribution in [0.25, 0.3) is 0 Å². The molecule has 0 unspecified atom stereocenters. The first-order chi connectivity index (χ1) is 6.86. The highest BCUT2D eigenvalue weighted by atomic mass is 35.5. The van der Waals surface area contributed by atoms with Crippen molar-refractivity contribution in [1.82, 2.24) is 4.98 Å². The van der Waals surface area contributed by atoms with Gasteiger partial charge in [0.1, 0.15) is 17.0 Å². The number of aromatic carboxylic acids is 3. The molecule has 0 bridgehead atoms. The fourth-order valence-electron chi connectivity index (χ4n) is 0.986. The summed E-state index contributed by atoms with van der Waals surface area (Å²) < 4.78 is 0. The van der Waals surface area contributed by atoms with Crippen molar-refractivity contribution in [2.24, 2.45) is 0 Å². The predicted molar refractivity (Wildman–Crippen MR) is 46.7 cm³/mol. The largest absolute Gasteiger partial charge is 0.478 e. The molecule has 1 heterocycles. The van der Waals surface area contributed by atoms with E-state index in [0.717, 1.165) is 0 Å². The van der Waals surface area contributed by atoms with Gasteiger partial charge in [0.2, 0.25) is 0 Å². The number of carboxylic acid groups (broad SMARTS) is 3. The maximum absolute atomic E-state index is 10.6. The fraction of sp³-hybridized carbons (Fsp3) is 0. The van der Waals surface area contributed by atoms with E-state index >= 15 is 0 Å². The lowest BCUT2D eigenvalue weighted by Gasteiger charge is -1.92. The molecule has 0 atom stereocenters. The van der Waals surface area contributed by atoms with Crippen molar-refractivity contribution in [2.75, 3.05) is 0 Å². The Balaban J connectivity index is 3.53. The molecule has 0 saturated heterocycles. The molecule has 1 aromatic heterocycles. The summed E-state index contributed by atoms with van der Waals surface area (Å²) in [5, 5.41) is 25.2. The highest BCUT2D eigenvalue weighted by Gasteiger charge is 2.28. The Kier molecular flexibility index (Phi) is 2.67. The van der Waals surface area contributed by atoms with Crippen molar-refractivity contribution < 1.29 is 29.7 Å².